The maximum Gasteiger partial charge on any atom is 0.228 e. The Morgan fingerprint density at radius 2 is 2.06 bits per heavy atom. The SMILES string of the molecule is CC1(C)CC(=O)N(c2ccccc2F)CCN1. The van der Waals surface area contributed by atoms with Gasteiger partial charge >= 0.3 is 0 Å². The van der Waals surface area contributed by atoms with Crippen molar-refractivity contribution in [1.82, 2.24) is 5.32 Å². The molecule has 1 fully saturated rings. The van der Waals surface area contributed by atoms with Crippen LogP contribution in [0.2, 0.25) is 0 Å². The summed E-state index contributed by atoms with van der Waals surface area (Å²) >= 11 is 0. The number of nitrogens with zero attached hydrogens (tertiary/aromatic N) is 1. The fourth-order valence-corrected chi connectivity index (χ4v) is 2.09. The molecule has 1 aromatic carbocycles. The average molecular weight is 236 g/mol. The first kappa shape index (κ1) is 12.0. The van der Waals surface area contributed by atoms with E-state index in [2.05, 4.69) is 5.32 Å². The van der Waals surface area contributed by atoms with Gasteiger partial charge in [-0.25, -0.2) is 4.39 Å². The van der Waals surface area contributed by atoms with Crippen LogP contribution in [0.25, 0.3) is 0 Å². The number of rotatable bonds is 1. The highest BCUT2D eigenvalue weighted by molar-refractivity contribution is 5.94. The molecule has 1 amide bonds. The fourth-order valence-electron chi connectivity index (χ4n) is 2.09. The first-order valence-corrected chi connectivity index (χ1v) is 5.79. The quantitative estimate of drug-likeness (QED) is 0.808. The van der Waals surface area contributed by atoms with Crippen LogP contribution in [0.15, 0.2) is 24.3 Å². The summed E-state index contributed by atoms with van der Waals surface area (Å²) in [7, 11) is 0. The van der Waals surface area contributed by atoms with Crippen molar-refractivity contribution in [2.24, 2.45) is 0 Å². The molecule has 0 aliphatic carbocycles. The second-order valence-electron chi connectivity index (χ2n) is 4.98. The van der Waals surface area contributed by atoms with Crippen molar-refractivity contribution in [2.45, 2.75) is 25.8 Å². The van der Waals surface area contributed by atoms with E-state index in [1.807, 2.05) is 13.8 Å². The maximum absolute atomic E-state index is 13.7. The molecule has 2 rings (SSSR count). The van der Waals surface area contributed by atoms with Crippen molar-refractivity contribution in [2.75, 3.05) is 18.0 Å². The number of benzene rings is 1. The largest absolute Gasteiger partial charge is 0.310 e. The highest BCUT2D eigenvalue weighted by atomic mass is 19.1. The van der Waals surface area contributed by atoms with Crippen LogP contribution in [0.5, 0.6) is 0 Å². The van der Waals surface area contributed by atoms with E-state index in [0.717, 1.165) is 0 Å². The van der Waals surface area contributed by atoms with Crippen LogP contribution in [0, 0.1) is 5.82 Å². The van der Waals surface area contributed by atoms with E-state index in [-0.39, 0.29) is 17.3 Å². The molecule has 0 spiro atoms. The summed E-state index contributed by atoms with van der Waals surface area (Å²) in [4.78, 5) is 13.6. The summed E-state index contributed by atoms with van der Waals surface area (Å²) in [5, 5.41) is 3.29. The number of carbonyl (C=O) groups is 1. The van der Waals surface area contributed by atoms with Crippen molar-refractivity contribution in [3.63, 3.8) is 0 Å². The van der Waals surface area contributed by atoms with Gasteiger partial charge in [0, 0.05) is 25.0 Å². The zero-order chi connectivity index (χ0) is 12.5. The van der Waals surface area contributed by atoms with Crippen LogP contribution in [-0.4, -0.2) is 24.5 Å². The summed E-state index contributed by atoms with van der Waals surface area (Å²) < 4.78 is 13.7. The van der Waals surface area contributed by atoms with Gasteiger partial charge in [0.2, 0.25) is 5.91 Å². The lowest BCUT2D eigenvalue weighted by Crippen LogP contribution is -2.39. The molecule has 1 heterocycles. The van der Waals surface area contributed by atoms with Crippen molar-refractivity contribution in [3.8, 4) is 0 Å². The van der Waals surface area contributed by atoms with Gasteiger partial charge in [-0.1, -0.05) is 12.1 Å². The highest BCUT2D eigenvalue weighted by Gasteiger charge is 2.29. The number of amides is 1. The van der Waals surface area contributed by atoms with Crippen molar-refractivity contribution in [1.29, 1.82) is 0 Å². The molecule has 0 aromatic heterocycles. The first-order valence-electron chi connectivity index (χ1n) is 5.79. The normalized spacial score (nSPS) is 20.2. The molecule has 0 unspecified atom stereocenters. The number of nitrogens with one attached hydrogen (secondary N) is 1. The average Bonchev–Trinajstić information content (AvgIpc) is 2.37. The number of halogens is 1. The van der Waals surface area contributed by atoms with Crippen LogP contribution < -0.4 is 10.2 Å². The van der Waals surface area contributed by atoms with Crippen LogP contribution >= 0.6 is 0 Å². The predicted molar refractivity (Wildman–Crippen MR) is 65.5 cm³/mol. The molecule has 3 nitrogen and oxygen atoms in total. The number of hydrogen-bond acceptors (Lipinski definition) is 2. The minimum atomic E-state index is -0.347. The molecule has 4 heteroatoms. The monoisotopic (exact) mass is 236 g/mol. The Balaban J connectivity index is 2.28. The second-order valence-corrected chi connectivity index (χ2v) is 4.98. The van der Waals surface area contributed by atoms with E-state index in [1.165, 1.54) is 11.0 Å². The zero-order valence-electron chi connectivity index (χ0n) is 10.2. The van der Waals surface area contributed by atoms with Crippen LogP contribution in [0.1, 0.15) is 20.3 Å². The molecule has 1 aliphatic heterocycles. The molecule has 92 valence electrons. The van der Waals surface area contributed by atoms with E-state index in [9.17, 15) is 9.18 Å². The topological polar surface area (TPSA) is 32.3 Å². The smallest absolute Gasteiger partial charge is 0.228 e. The Kier molecular flexibility index (Phi) is 3.15. The summed E-state index contributed by atoms with van der Waals surface area (Å²) in [6.45, 7) is 5.14. The molecular formula is C13H17FN2O. The van der Waals surface area contributed by atoms with E-state index in [0.29, 0.717) is 25.2 Å². The lowest BCUT2D eigenvalue weighted by molar-refractivity contribution is -0.119. The second kappa shape index (κ2) is 4.45. The third-order valence-corrected chi connectivity index (χ3v) is 2.98. The molecule has 0 atom stereocenters. The summed E-state index contributed by atoms with van der Waals surface area (Å²) in [5.74, 6) is -0.384. The Morgan fingerprint density at radius 3 is 2.76 bits per heavy atom. The Bertz CT molecular complexity index is 431. The molecule has 1 N–H and O–H groups in total. The van der Waals surface area contributed by atoms with Crippen LogP contribution in [0.4, 0.5) is 10.1 Å². The Labute approximate surface area is 101 Å². The molecule has 0 radical (unpaired) electrons. The summed E-state index contributed by atoms with van der Waals surface area (Å²) in [6.07, 6.45) is 0.376. The van der Waals surface area contributed by atoms with E-state index in [4.69, 9.17) is 0 Å². The van der Waals surface area contributed by atoms with Gasteiger partial charge in [0.05, 0.1) is 5.69 Å². The molecule has 0 bridgehead atoms. The standard InChI is InChI=1S/C13H17FN2O/c1-13(2)9-12(17)16(8-7-15-13)11-6-4-3-5-10(11)14/h3-6,15H,7-9H2,1-2H3. The van der Waals surface area contributed by atoms with Crippen molar-refractivity contribution >= 4 is 11.6 Å². The van der Waals surface area contributed by atoms with Crippen molar-refractivity contribution in [3.05, 3.63) is 30.1 Å². The number of para-hydroxylation sites is 1. The third kappa shape index (κ3) is 2.64. The van der Waals surface area contributed by atoms with Gasteiger partial charge in [-0.2, -0.15) is 0 Å². The van der Waals surface area contributed by atoms with Gasteiger partial charge in [0.25, 0.3) is 0 Å². The molecule has 0 saturated carbocycles. The number of anilines is 1. The van der Waals surface area contributed by atoms with E-state index >= 15 is 0 Å². The van der Waals surface area contributed by atoms with Gasteiger partial charge in [-0.3, -0.25) is 4.79 Å². The van der Waals surface area contributed by atoms with Gasteiger partial charge < -0.3 is 10.2 Å². The molecule has 1 saturated heterocycles. The van der Waals surface area contributed by atoms with Gasteiger partial charge in [-0.15, -0.1) is 0 Å². The predicted octanol–water partition coefficient (Wildman–Crippen LogP) is 1.93. The molecular weight excluding hydrogens is 219 g/mol. The first-order chi connectivity index (χ1) is 7.99. The van der Waals surface area contributed by atoms with Gasteiger partial charge in [0.1, 0.15) is 5.82 Å². The molecule has 1 aliphatic rings. The summed E-state index contributed by atoms with van der Waals surface area (Å²) in [5.41, 5.74) is 0.147. The Hall–Kier alpha value is -1.42. The fraction of sp³-hybridized carbons (Fsp3) is 0.462. The minimum absolute atomic E-state index is 0.0369. The highest BCUT2D eigenvalue weighted by Crippen LogP contribution is 2.23. The van der Waals surface area contributed by atoms with Gasteiger partial charge in [0.15, 0.2) is 0 Å². The minimum Gasteiger partial charge on any atom is -0.310 e. The van der Waals surface area contributed by atoms with E-state index < -0.39 is 0 Å². The number of hydrogen-bond donors (Lipinski definition) is 1. The summed E-state index contributed by atoms with van der Waals surface area (Å²) in [6, 6.07) is 6.40. The van der Waals surface area contributed by atoms with Crippen molar-refractivity contribution < 1.29 is 9.18 Å². The van der Waals surface area contributed by atoms with E-state index in [1.54, 1.807) is 18.2 Å². The number of carbonyl (C=O) groups excluding carboxylic acids is 1. The lowest BCUT2D eigenvalue weighted by atomic mass is 10.0. The zero-order valence-corrected chi connectivity index (χ0v) is 10.2. The maximum atomic E-state index is 13.7. The van der Waals surface area contributed by atoms with Crippen LogP contribution in [0.3, 0.4) is 0 Å². The Morgan fingerprint density at radius 1 is 1.35 bits per heavy atom. The lowest BCUT2D eigenvalue weighted by Gasteiger charge is -2.23. The molecule has 17 heavy (non-hydrogen) atoms. The molecule has 1 aromatic rings. The van der Waals surface area contributed by atoms with Gasteiger partial charge in [-0.05, 0) is 26.0 Å². The van der Waals surface area contributed by atoms with Crippen LogP contribution in [-0.2, 0) is 4.79 Å². The third-order valence-electron chi connectivity index (χ3n) is 2.98.